The number of methoxy groups -OCH3 is 1. The molecule has 0 fully saturated rings. The van der Waals surface area contributed by atoms with Crippen LogP contribution in [0.2, 0.25) is 0 Å². The molecular weight excluding hydrogens is 421 g/mol. The van der Waals surface area contributed by atoms with Gasteiger partial charge in [0.2, 0.25) is 11.8 Å². The molecule has 0 bridgehead atoms. The monoisotopic (exact) mass is 457 g/mol. The summed E-state index contributed by atoms with van der Waals surface area (Å²) in [7, 11) is -1.42. The van der Waals surface area contributed by atoms with Crippen molar-refractivity contribution in [3.8, 4) is 5.75 Å². The van der Waals surface area contributed by atoms with Crippen LogP contribution in [0.25, 0.3) is 0 Å². The summed E-state index contributed by atoms with van der Waals surface area (Å²) < 4.78 is 17.1. The lowest BCUT2D eigenvalue weighted by Crippen LogP contribution is -2.55. The van der Waals surface area contributed by atoms with E-state index in [1.165, 1.54) is 7.05 Å². The number of carbonyl (C=O) groups excluding carboxylic acids is 2. The Balaban J connectivity index is 3.05. The van der Waals surface area contributed by atoms with E-state index >= 15 is 0 Å². The van der Waals surface area contributed by atoms with E-state index in [4.69, 9.17) is 4.74 Å². The summed E-state index contributed by atoms with van der Waals surface area (Å²) >= 11 is 0. The van der Waals surface area contributed by atoms with E-state index in [0.29, 0.717) is 12.2 Å². The van der Waals surface area contributed by atoms with Crippen molar-refractivity contribution in [2.24, 2.45) is 11.8 Å². The zero-order chi connectivity index (χ0) is 23.8. The first kappa shape index (κ1) is 27.1. The minimum Gasteiger partial charge on any atom is -0.497 e. The van der Waals surface area contributed by atoms with E-state index < -0.39 is 37.3 Å². The Bertz CT molecular complexity index is 763. The van der Waals surface area contributed by atoms with Gasteiger partial charge in [0.15, 0.2) is 0 Å². The number of benzene rings is 1. The summed E-state index contributed by atoms with van der Waals surface area (Å²) in [4.78, 5) is 44.9. The minimum absolute atomic E-state index is 0.0906. The predicted molar refractivity (Wildman–Crippen MR) is 120 cm³/mol. The van der Waals surface area contributed by atoms with Gasteiger partial charge >= 0.3 is 7.60 Å². The van der Waals surface area contributed by atoms with Crippen molar-refractivity contribution in [2.45, 2.75) is 58.4 Å². The van der Waals surface area contributed by atoms with Crippen LogP contribution in [0.1, 0.15) is 39.7 Å². The highest BCUT2D eigenvalue weighted by Crippen LogP contribution is 2.43. The smallest absolute Gasteiger partial charge is 0.342 e. The quantitative estimate of drug-likeness (QED) is 0.301. The highest BCUT2D eigenvalue weighted by molar-refractivity contribution is 7.52. The summed E-state index contributed by atoms with van der Waals surface area (Å²) in [5, 5.41) is 8.14. The first-order valence-corrected chi connectivity index (χ1v) is 12.0. The average molecular weight is 458 g/mol. The molecule has 5 N–H and O–H groups in total. The van der Waals surface area contributed by atoms with Crippen LogP contribution in [-0.2, 0) is 20.6 Å². The van der Waals surface area contributed by atoms with Crippen LogP contribution < -0.4 is 20.7 Å². The molecule has 1 rings (SSSR count). The number of amides is 2. The fraction of sp³-hybridized carbons (Fsp3) is 0.619. The third kappa shape index (κ3) is 8.99. The van der Waals surface area contributed by atoms with Gasteiger partial charge < -0.3 is 25.2 Å². The second-order valence-corrected chi connectivity index (χ2v) is 10.1. The summed E-state index contributed by atoms with van der Waals surface area (Å²) in [5.41, 5.74) is 0.832. The summed E-state index contributed by atoms with van der Waals surface area (Å²) in [6, 6.07) is 5.47. The topological polar surface area (TPSA) is 137 Å². The molecular formula is C21H36N3O6P. The molecule has 0 aliphatic carbocycles. The Kier molecular flexibility index (Phi) is 10.7. The van der Waals surface area contributed by atoms with Gasteiger partial charge in [0, 0.05) is 13.5 Å². The van der Waals surface area contributed by atoms with Gasteiger partial charge in [-0.1, -0.05) is 39.8 Å². The Morgan fingerprint density at radius 2 is 1.61 bits per heavy atom. The molecule has 9 nitrogen and oxygen atoms in total. The van der Waals surface area contributed by atoms with Crippen molar-refractivity contribution < 1.29 is 28.7 Å². The standard InChI is InChI=1S/C21H36N3O6P/c1-13(2)11-17(24-21(14(3)4)31(27,28)29)20(26)23-18(19(25)22-5)12-15-7-9-16(30-6)10-8-15/h7-10,13-14,17-18,21,24H,11-12H2,1-6H3,(H,22,25)(H,23,26)(H2,27,28,29)/t17?,18-,21?/m0/s1. The minimum atomic E-state index is -4.47. The van der Waals surface area contributed by atoms with Gasteiger partial charge in [-0.05, 0) is 36.0 Å². The molecule has 1 aromatic rings. The van der Waals surface area contributed by atoms with Crippen LogP contribution in [0.5, 0.6) is 5.75 Å². The Hall–Kier alpha value is -1.93. The van der Waals surface area contributed by atoms with Gasteiger partial charge in [-0.2, -0.15) is 0 Å². The van der Waals surface area contributed by atoms with Crippen molar-refractivity contribution in [3.63, 3.8) is 0 Å². The predicted octanol–water partition coefficient (Wildman–Crippen LogP) is 1.63. The lowest BCUT2D eigenvalue weighted by Gasteiger charge is -2.30. The van der Waals surface area contributed by atoms with E-state index in [9.17, 15) is 23.9 Å². The highest BCUT2D eigenvalue weighted by Gasteiger charge is 2.36. The molecule has 0 heterocycles. The van der Waals surface area contributed by atoms with Gasteiger partial charge in [-0.25, -0.2) is 0 Å². The largest absolute Gasteiger partial charge is 0.497 e. The third-order valence-corrected chi connectivity index (χ3v) is 6.34. The third-order valence-electron chi connectivity index (χ3n) is 4.87. The van der Waals surface area contributed by atoms with Gasteiger partial charge in [-0.15, -0.1) is 0 Å². The van der Waals surface area contributed by atoms with Crippen LogP contribution in [0.15, 0.2) is 24.3 Å². The number of hydrogen-bond acceptors (Lipinski definition) is 5. The molecule has 0 radical (unpaired) electrons. The van der Waals surface area contributed by atoms with E-state index in [2.05, 4.69) is 16.0 Å². The van der Waals surface area contributed by atoms with Gasteiger partial charge in [0.1, 0.15) is 17.6 Å². The Labute approximate surface area is 184 Å². The van der Waals surface area contributed by atoms with E-state index in [1.54, 1.807) is 33.1 Å². The number of hydrogen-bond donors (Lipinski definition) is 5. The molecule has 1 aromatic carbocycles. The maximum absolute atomic E-state index is 13.1. The van der Waals surface area contributed by atoms with Crippen molar-refractivity contribution in [1.29, 1.82) is 0 Å². The SMILES string of the molecule is CNC(=O)[C@H](Cc1ccc(OC)cc1)NC(=O)C(CC(C)C)NC(C(C)C)P(=O)(O)O. The molecule has 2 amide bonds. The molecule has 0 saturated carbocycles. The Morgan fingerprint density at radius 1 is 1.03 bits per heavy atom. The van der Waals surface area contributed by atoms with E-state index in [1.807, 2.05) is 26.0 Å². The van der Waals surface area contributed by atoms with Crippen molar-refractivity contribution in [1.82, 2.24) is 16.0 Å². The molecule has 0 spiro atoms. The highest BCUT2D eigenvalue weighted by atomic mass is 31.2. The van der Waals surface area contributed by atoms with Gasteiger partial charge in [-0.3, -0.25) is 19.5 Å². The van der Waals surface area contributed by atoms with Crippen LogP contribution in [0.4, 0.5) is 0 Å². The molecule has 2 unspecified atom stereocenters. The molecule has 3 atom stereocenters. The lowest BCUT2D eigenvalue weighted by atomic mass is 10.0. The number of likely N-dealkylation sites (N-methyl/N-ethyl adjacent to an activating group) is 1. The summed E-state index contributed by atoms with van der Waals surface area (Å²) in [6.45, 7) is 7.19. The zero-order valence-electron chi connectivity index (χ0n) is 19.1. The summed E-state index contributed by atoms with van der Waals surface area (Å²) in [6.07, 6.45) is 0.619. The van der Waals surface area contributed by atoms with E-state index in [-0.39, 0.29) is 18.2 Å². The van der Waals surface area contributed by atoms with Crippen molar-refractivity contribution >= 4 is 19.4 Å². The second kappa shape index (κ2) is 12.2. The van der Waals surface area contributed by atoms with Crippen LogP contribution in [0.3, 0.4) is 0 Å². The first-order chi connectivity index (χ1) is 14.4. The maximum Gasteiger partial charge on any atom is 0.342 e. The fourth-order valence-corrected chi connectivity index (χ4v) is 4.41. The number of rotatable bonds is 12. The van der Waals surface area contributed by atoms with E-state index in [0.717, 1.165) is 5.56 Å². The number of ether oxygens (including phenoxy) is 1. The van der Waals surface area contributed by atoms with Gasteiger partial charge in [0.25, 0.3) is 0 Å². The number of nitrogens with one attached hydrogen (secondary N) is 3. The summed E-state index contributed by atoms with van der Waals surface area (Å²) in [5.74, 6) is -1.62. The molecule has 10 heteroatoms. The average Bonchev–Trinajstić information content (AvgIpc) is 2.68. The van der Waals surface area contributed by atoms with Crippen molar-refractivity contribution in [3.05, 3.63) is 29.8 Å². The molecule has 0 saturated heterocycles. The normalized spacial score (nSPS) is 14.8. The first-order valence-electron chi connectivity index (χ1n) is 10.3. The van der Waals surface area contributed by atoms with Crippen LogP contribution in [0, 0.1) is 11.8 Å². The van der Waals surface area contributed by atoms with Crippen molar-refractivity contribution in [2.75, 3.05) is 14.2 Å². The molecule has 0 aromatic heterocycles. The molecule has 0 aliphatic heterocycles. The number of carbonyl (C=O) groups is 2. The molecule has 31 heavy (non-hydrogen) atoms. The lowest BCUT2D eigenvalue weighted by molar-refractivity contribution is -0.130. The van der Waals surface area contributed by atoms with Crippen LogP contribution >= 0.6 is 7.60 Å². The zero-order valence-corrected chi connectivity index (χ0v) is 20.0. The van der Waals surface area contributed by atoms with Gasteiger partial charge in [0.05, 0.1) is 13.2 Å². The Morgan fingerprint density at radius 3 is 2.03 bits per heavy atom. The maximum atomic E-state index is 13.1. The van der Waals surface area contributed by atoms with Crippen LogP contribution in [-0.4, -0.2) is 53.6 Å². The fourth-order valence-electron chi connectivity index (χ4n) is 3.26. The molecule has 176 valence electrons. The molecule has 0 aliphatic rings. The second-order valence-electron chi connectivity index (χ2n) is 8.35.